The fraction of sp³-hybridized carbons (Fsp3) is 0.286. The average molecular weight is 400 g/mol. The first-order valence-corrected chi connectivity index (χ1v) is 8.80. The Kier molecular flexibility index (Phi) is 8.17. The minimum Gasteiger partial charge on any atom is -0.505 e. The third kappa shape index (κ3) is 6.93. The van der Waals surface area contributed by atoms with Crippen LogP contribution in [-0.2, 0) is 14.3 Å². The van der Waals surface area contributed by atoms with Gasteiger partial charge in [0.2, 0.25) is 0 Å². The number of hydrogen-bond donors (Lipinski definition) is 1. The Hall–Kier alpha value is -3.39. The summed E-state index contributed by atoms with van der Waals surface area (Å²) in [6.07, 6.45) is -0.554. The Morgan fingerprint density at radius 1 is 1.07 bits per heavy atom. The molecule has 2 rings (SSSR count). The Balaban J connectivity index is 1.95. The molecule has 0 aromatic heterocycles. The molecule has 0 bridgehead atoms. The van der Waals surface area contributed by atoms with Crippen molar-refractivity contribution in [1.29, 1.82) is 0 Å². The van der Waals surface area contributed by atoms with Gasteiger partial charge < -0.3 is 24.1 Å². The Morgan fingerprint density at radius 2 is 1.76 bits per heavy atom. The maximum Gasteiger partial charge on any atom is 0.333 e. The van der Waals surface area contributed by atoms with E-state index in [0.717, 1.165) is 0 Å². The molecule has 0 fully saturated rings. The quantitative estimate of drug-likeness (QED) is 0.362. The monoisotopic (exact) mass is 400 g/mol. The molecule has 0 aliphatic rings. The van der Waals surface area contributed by atoms with E-state index in [4.69, 9.17) is 18.9 Å². The van der Waals surface area contributed by atoms with E-state index < -0.39 is 12.1 Å². The second-order valence-corrected chi connectivity index (χ2v) is 6.12. The highest BCUT2D eigenvalue weighted by atomic mass is 16.6. The zero-order valence-electron chi connectivity index (χ0n) is 16.6. The largest absolute Gasteiger partial charge is 0.505 e. The van der Waals surface area contributed by atoms with Crippen LogP contribution in [0.3, 0.4) is 0 Å². The normalized spacial score (nSPS) is 11.8. The molecule has 1 N–H and O–H groups in total. The van der Waals surface area contributed by atoms with Crippen LogP contribution in [0.4, 0.5) is 11.4 Å². The van der Waals surface area contributed by atoms with E-state index in [2.05, 4.69) is 16.8 Å². The number of methoxy groups -OCH3 is 2. The number of azo groups is 1. The molecule has 1 atom stereocenters. The Labute approximate surface area is 169 Å². The molecule has 29 heavy (non-hydrogen) atoms. The van der Waals surface area contributed by atoms with Gasteiger partial charge in [-0.15, -0.1) is 5.11 Å². The summed E-state index contributed by atoms with van der Waals surface area (Å²) in [5.74, 6) is 0.585. The minimum atomic E-state index is -0.554. The number of ether oxygens (including phenoxy) is 4. The smallest absolute Gasteiger partial charge is 0.333 e. The first-order valence-electron chi connectivity index (χ1n) is 8.80. The van der Waals surface area contributed by atoms with Crippen LogP contribution in [0.25, 0.3) is 0 Å². The number of hydrogen-bond acceptors (Lipinski definition) is 8. The number of carbonyl (C=O) groups is 1. The van der Waals surface area contributed by atoms with Crippen molar-refractivity contribution in [3.63, 3.8) is 0 Å². The number of nitrogens with zero attached hydrogens (tertiary/aromatic N) is 2. The first-order chi connectivity index (χ1) is 13.9. The van der Waals surface area contributed by atoms with Gasteiger partial charge in [0.15, 0.2) is 6.10 Å². The highest BCUT2D eigenvalue weighted by molar-refractivity contribution is 5.87. The van der Waals surface area contributed by atoms with Crippen molar-refractivity contribution in [2.75, 3.05) is 27.4 Å². The molecule has 8 heteroatoms. The maximum atomic E-state index is 11.7. The maximum absolute atomic E-state index is 11.7. The van der Waals surface area contributed by atoms with Crippen LogP contribution in [0.5, 0.6) is 17.2 Å². The molecule has 154 valence electrons. The van der Waals surface area contributed by atoms with Crippen LogP contribution in [0.15, 0.2) is 64.8 Å². The first kappa shape index (κ1) is 21.9. The van der Waals surface area contributed by atoms with Crippen molar-refractivity contribution in [3.05, 3.63) is 54.6 Å². The lowest BCUT2D eigenvalue weighted by Crippen LogP contribution is -2.29. The van der Waals surface area contributed by atoms with Gasteiger partial charge in [-0.05, 0) is 43.3 Å². The number of aromatic hydroxyl groups is 1. The third-order valence-electron chi connectivity index (χ3n) is 3.70. The summed E-state index contributed by atoms with van der Waals surface area (Å²) in [5.41, 5.74) is 1.21. The molecule has 2 aromatic rings. The highest BCUT2D eigenvalue weighted by Gasteiger charge is 2.16. The molecule has 0 aliphatic heterocycles. The van der Waals surface area contributed by atoms with Gasteiger partial charge in [-0.1, -0.05) is 6.58 Å². The van der Waals surface area contributed by atoms with Gasteiger partial charge in [-0.2, -0.15) is 5.11 Å². The second kappa shape index (κ2) is 10.8. The minimum absolute atomic E-state index is 0.0263. The predicted molar refractivity (Wildman–Crippen MR) is 107 cm³/mol. The lowest BCUT2D eigenvalue weighted by Gasteiger charge is -2.17. The zero-order chi connectivity index (χ0) is 21.2. The van der Waals surface area contributed by atoms with Gasteiger partial charge in [-0.3, -0.25) is 0 Å². The molecule has 0 aliphatic carbocycles. The number of rotatable bonds is 10. The van der Waals surface area contributed by atoms with Crippen molar-refractivity contribution in [2.45, 2.75) is 13.0 Å². The molecular weight excluding hydrogens is 376 g/mol. The molecule has 0 saturated heterocycles. The molecule has 2 aromatic carbocycles. The summed E-state index contributed by atoms with van der Waals surface area (Å²) >= 11 is 0. The second-order valence-electron chi connectivity index (χ2n) is 6.12. The van der Waals surface area contributed by atoms with Crippen molar-refractivity contribution < 1.29 is 28.8 Å². The van der Waals surface area contributed by atoms with Crippen LogP contribution >= 0.6 is 0 Å². The molecule has 8 nitrogen and oxygen atoms in total. The van der Waals surface area contributed by atoms with Crippen LogP contribution in [0, 0.1) is 0 Å². The van der Waals surface area contributed by atoms with Gasteiger partial charge in [0, 0.05) is 18.7 Å². The fourth-order valence-electron chi connectivity index (χ4n) is 2.18. The standard InChI is InChI=1S/C21H24N2O6/c1-14(2)21(25)29-18(12-26-3)13-28-16-7-5-15(6-8-16)22-23-19-10-9-17(27-4)11-20(19)24/h5-11,18,24H,1,12-13H2,2-4H3. The van der Waals surface area contributed by atoms with E-state index in [1.54, 1.807) is 43.3 Å². The van der Waals surface area contributed by atoms with E-state index in [1.165, 1.54) is 20.3 Å². The van der Waals surface area contributed by atoms with E-state index in [9.17, 15) is 9.90 Å². The van der Waals surface area contributed by atoms with E-state index in [1.807, 2.05) is 0 Å². The van der Waals surface area contributed by atoms with E-state index >= 15 is 0 Å². The van der Waals surface area contributed by atoms with Crippen LogP contribution < -0.4 is 9.47 Å². The van der Waals surface area contributed by atoms with Crippen molar-refractivity contribution in [1.82, 2.24) is 0 Å². The molecule has 0 spiro atoms. The summed E-state index contributed by atoms with van der Waals surface area (Å²) in [5, 5.41) is 18.0. The van der Waals surface area contributed by atoms with Crippen LogP contribution in [0.1, 0.15) is 6.92 Å². The predicted octanol–water partition coefficient (Wildman–Crippen LogP) is 4.33. The van der Waals surface area contributed by atoms with E-state index in [-0.39, 0.29) is 19.0 Å². The lowest BCUT2D eigenvalue weighted by molar-refractivity contribution is -0.148. The number of carbonyl (C=O) groups excluding carboxylic acids is 1. The van der Waals surface area contributed by atoms with Crippen LogP contribution in [-0.4, -0.2) is 44.6 Å². The zero-order valence-corrected chi connectivity index (χ0v) is 16.6. The van der Waals surface area contributed by atoms with Gasteiger partial charge >= 0.3 is 5.97 Å². The molecule has 0 amide bonds. The van der Waals surface area contributed by atoms with Crippen molar-refractivity contribution in [3.8, 4) is 17.2 Å². The fourth-order valence-corrected chi connectivity index (χ4v) is 2.18. The van der Waals surface area contributed by atoms with Gasteiger partial charge in [0.05, 0.1) is 19.4 Å². The summed E-state index contributed by atoms with van der Waals surface area (Å²) in [4.78, 5) is 11.7. The molecule has 0 heterocycles. The SMILES string of the molecule is C=C(C)C(=O)OC(COC)COc1ccc(N=Nc2ccc(OC)cc2O)cc1. The molecule has 0 saturated carbocycles. The number of benzene rings is 2. The van der Waals surface area contributed by atoms with Crippen molar-refractivity contribution in [2.24, 2.45) is 10.2 Å². The molecular formula is C21H24N2O6. The summed E-state index contributed by atoms with van der Waals surface area (Å²) in [7, 11) is 3.03. The number of phenols is 1. The summed E-state index contributed by atoms with van der Waals surface area (Å²) in [6, 6.07) is 11.6. The topological polar surface area (TPSA) is 98.9 Å². The lowest BCUT2D eigenvalue weighted by atomic mass is 10.3. The van der Waals surface area contributed by atoms with Crippen LogP contribution in [0.2, 0.25) is 0 Å². The molecule has 1 unspecified atom stereocenters. The molecule has 0 radical (unpaired) electrons. The third-order valence-corrected chi connectivity index (χ3v) is 3.70. The Morgan fingerprint density at radius 3 is 2.34 bits per heavy atom. The number of esters is 1. The van der Waals surface area contributed by atoms with Gasteiger partial charge in [0.25, 0.3) is 0 Å². The number of phenolic OH excluding ortho intramolecular Hbond substituents is 1. The van der Waals surface area contributed by atoms with Gasteiger partial charge in [-0.25, -0.2) is 4.79 Å². The van der Waals surface area contributed by atoms with E-state index in [0.29, 0.717) is 28.4 Å². The van der Waals surface area contributed by atoms with Gasteiger partial charge in [0.1, 0.15) is 29.5 Å². The average Bonchev–Trinajstić information content (AvgIpc) is 2.71. The van der Waals surface area contributed by atoms with Crippen molar-refractivity contribution >= 4 is 17.3 Å². The highest BCUT2D eigenvalue weighted by Crippen LogP contribution is 2.31. The Bertz CT molecular complexity index is 864. The summed E-state index contributed by atoms with van der Waals surface area (Å²) < 4.78 is 21.0. The summed E-state index contributed by atoms with van der Waals surface area (Å²) in [6.45, 7) is 5.47.